The molecule has 0 atom stereocenters. The number of anilines is 1. The molecular formula is C22H29N3O5S. The van der Waals surface area contributed by atoms with E-state index < -0.39 is 10.0 Å². The number of carbonyl (C=O) groups excluding carboxylic acids is 1. The fourth-order valence-electron chi connectivity index (χ4n) is 3.09. The van der Waals surface area contributed by atoms with E-state index in [1.807, 2.05) is 14.0 Å². The Hall–Kier alpha value is -2.62. The third-order valence-electron chi connectivity index (χ3n) is 4.90. The van der Waals surface area contributed by atoms with Crippen LogP contribution in [-0.4, -0.2) is 70.0 Å². The van der Waals surface area contributed by atoms with Gasteiger partial charge >= 0.3 is 0 Å². The van der Waals surface area contributed by atoms with Crippen LogP contribution in [0, 0.1) is 0 Å². The molecule has 168 valence electrons. The van der Waals surface area contributed by atoms with E-state index in [1.165, 1.54) is 16.4 Å². The normalized spacial score (nSPS) is 15.4. The molecule has 2 aromatic carbocycles. The number of hydrogen-bond donors (Lipinski definition) is 1. The van der Waals surface area contributed by atoms with E-state index in [4.69, 9.17) is 9.47 Å². The summed E-state index contributed by atoms with van der Waals surface area (Å²) >= 11 is 0. The average molecular weight is 448 g/mol. The van der Waals surface area contributed by atoms with E-state index in [0.717, 1.165) is 12.2 Å². The van der Waals surface area contributed by atoms with Crippen molar-refractivity contribution in [2.45, 2.75) is 18.2 Å². The van der Waals surface area contributed by atoms with Crippen molar-refractivity contribution in [2.24, 2.45) is 0 Å². The van der Waals surface area contributed by atoms with Crippen LogP contribution in [0.15, 0.2) is 53.4 Å². The average Bonchev–Trinajstić information content (AvgIpc) is 2.77. The number of carbonyl (C=O) groups is 1. The minimum Gasteiger partial charge on any atom is -0.494 e. The predicted molar refractivity (Wildman–Crippen MR) is 119 cm³/mol. The molecule has 0 saturated carbocycles. The highest BCUT2D eigenvalue weighted by molar-refractivity contribution is 7.89. The topological polar surface area (TPSA) is 88.2 Å². The van der Waals surface area contributed by atoms with Gasteiger partial charge in [-0.3, -0.25) is 4.79 Å². The van der Waals surface area contributed by atoms with Crippen LogP contribution < -0.4 is 14.8 Å². The molecule has 0 unspecified atom stereocenters. The Balaban J connectivity index is 1.50. The molecule has 1 fully saturated rings. The second kappa shape index (κ2) is 10.6. The summed E-state index contributed by atoms with van der Waals surface area (Å²) in [5.41, 5.74) is 0.509. The maximum Gasteiger partial charge on any atom is 0.262 e. The van der Waals surface area contributed by atoms with Gasteiger partial charge in [-0.25, -0.2) is 8.42 Å². The van der Waals surface area contributed by atoms with Crippen LogP contribution in [0.2, 0.25) is 0 Å². The molecule has 0 bridgehead atoms. The zero-order valence-corrected chi connectivity index (χ0v) is 18.7. The van der Waals surface area contributed by atoms with E-state index in [-0.39, 0.29) is 17.4 Å². The number of ether oxygens (including phenoxy) is 2. The largest absolute Gasteiger partial charge is 0.494 e. The smallest absolute Gasteiger partial charge is 0.262 e. The third kappa shape index (κ3) is 6.43. The number of nitrogens with zero attached hydrogens (tertiary/aromatic N) is 2. The fraction of sp³-hybridized carbons (Fsp3) is 0.409. The number of sulfonamides is 1. The van der Waals surface area contributed by atoms with E-state index in [1.54, 1.807) is 36.4 Å². The van der Waals surface area contributed by atoms with E-state index in [9.17, 15) is 13.2 Å². The predicted octanol–water partition coefficient (Wildman–Crippen LogP) is 2.43. The van der Waals surface area contributed by atoms with E-state index in [0.29, 0.717) is 44.2 Å². The summed E-state index contributed by atoms with van der Waals surface area (Å²) in [6.07, 6.45) is 0.932. The van der Waals surface area contributed by atoms with Crippen LogP contribution in [0.25, 0.3) is 0 Å². The van der Waals surface area contributed by atoms with Crippen molar-refractivity contribution in [3.05, 3.63) is 48.5 Å². The number of rotatable bonds is 9. The van der Waals surface area contributed by atoms with Crippen molar-refractivity contribution in [1.82, 2.24) is 9.21 Å². The second-order valence-electron chi connectivity index (χ2n) is 7.39. The summed E-state index contributed by atoms with van der Waals surface area (Å²) in [6, 6.07) is 13.3. The van der Waals surface area contributed by atoms with Crippen LogP contribution in [0.3, 0.4) is 0 Å². The van der Waals surface area contributed by atoms with Crippen molar-refractivity contribution >= 4 is 21.6 Å². The van der Waals surface area contributed by atoms with E-state index >= 15 is 0 Å². The van der Waals surface area contributed by atoms with Gasteiger partial charge in [0.1, 0.15) is 11.5 Å². The molecule has 1 saturated heterocycles. The van der Waals surface area contributed by atoms with Gasteiger partial charge in [0.2, 0.25) is 10.0 Å². The first-order valence-electron chi connectivity index (χ1n) is 10.3. The molecule has 1 heterocycles. The van der Waals surface area contributed by atoms with Gasteiger partial charge < -0.3 is 19.7 Å². The van der Waals surface area contributed by atoms with Gasteiger partial charge in [-0.15, -0.1) is 0 Å². The number of nitrogens with one attached hydrogen (secondary N) is 1. The van der Waals surface area contributed by atoms with Gasteiger partial charge in [0.25, 0.3) is 5.91 Å². The SMILES string of the molecule is CCCOc1ccc(OCC(=O)Nc2ccc(S(=O)(=O)N3CCN(C)CC3)cc2)cc1. The molecule has 1 amide bonds. The summed E-state index contributed by atoms with van der Waals surface area (Å²) in [5.74, 6) is 0.985. The molecule has 3 rings (SSSR count). The Kier molecular flexibility index (Phi) is 7.89. The van der Waals surface area contributed by atoms with Gasteiger partial charge in [-0.1, -0.05) is 6.92 Å². The highest BCUT2D eigenvalue weighted by atomic mass is 32.2. The number of hydrogen-bond acceptors (Lipinski definition) is 6. The first kappa shape index (κ1) is 23.1. The summed E-state index contributed by atoms with van der Waals surface area (Å²) in [4.78, 5) is 14.5. The molecule has 9 heteroatoms. The Bertz CT molecular complexity index is 954. The Morgan fingerprint density at radius 2 is 1.52 bits per heavy atom. The minimum absolute atomic E-state index is 0.156. The Morgan fingerprint density at radius 1 is 0.935 bits per heavy atom. The van der Waals surface area contributed by atoms with Gasteiger partial charge in [0.05, 0.1) is 11.5 Å². The van der Waals surface area contributed by atoms with Gasteiger partial charge in [0.15, 0.2) is 6.61 Å². The maximum absolute atomic E-state index is 12.8. The Morgan fingerprint density at radius 3 is 2.10 bits per heavy atom. The number of amides is 1. The molecule has 0 aliphatic carbocycles. The number of likely N-dealkylation sites (N-methyl/N-ethyl adjacent to an activating group) is 1. The highest BCUT2D eigenvalue weighted by Gasteiger charge is 2.27. The molecule has 1 aliphatic rings. The quantitative estimate of drug-likeness (QED) is 0.635. The molecular weight excluding hydrogens is 418 g/mol. The van der Waals surface area contributed by atoms with Crippen LogP contribution >= 0.6 is 0 Å². The van der Waals surface area contributed by atoms with E-state index in [2.05, 4.69) is 10.2 Å². The minimum atomic E-state index is -3.53. The summed E-state index contributed by atoms with van der Waals surface area (Å²) in [7, 11) is -1.55. The lowest BCUT2D eigenvalue weighted by Crippen LogP contribution is -2.46. The first-order valence-corrected chi connectivity index (χ1v) is 11.8. The van der Waals surface area contributed by atoms with Crippen molar-refractivity contribution in [1.29, 1.82) is 0 Å². The molecule has 2 aromatic rings. The fourth-order valence-corrected chi connectivity index (χ4v) is 4.51. The zero-order chi connectivity index (χ0) is 22.3. The van der Waals surface area contributed by atoms with Crippen LogP contribution in [0.4, 0.5) is 5.69 Å². The lowest BCUT2D eigenvalue weighted by molar-refractivity contribution is -0.118. The zero-order valence-electron chi connectivity index (χ0n) is 17.9. The molecule has 31 heavy (non-hydrogen) atoms. The Labute approximate surface area is 183 Å². The molecule has 0 aromatic heterocycles. The van der Waals surface area contributed by atoms with Crippen molar-refractivity contribution < 1.29 is 22.7 Å². The van der Waals surface area contributed by atoms with Gasteiger partial charge in [-0.2, -0.15) is 4.31 Å². The maximum atomic E-state index is 12.8. The molecule has 0 spiro atoms. The van der Waals surface area contributed by atoms with Gasteiger partial charge in [0, 0.05) is 31.9 Å². The van der Waals surface area contributed by atoms with Crippen LogP contribution in [-0.2, 0) is 14.8 Å². The lowest BCUT2D eigenvalue weighted by Gasteiger charge is -2.31. The number of piperazine rings is 1. The lowest BCUT2D eigenvalue weighted by atomic mass is 10.3. The second-order valence-corrected chi connectivity index (χ2v) is 9.33. The molecule has 8 nitrogen and oxygen atoms in total. The monoisotopic (exact) mass is 447 g/mol. The van der Waals surface area contributed by atoms with Crippen molar-refractivity contribution in [3.63, 3.8) is 0 Å². The van der Waals surface area contributed by atoms with Crippen molar-refractivity contribution in [2.75, 3.05) is 51.8 Å². The molecule has 1 aliphatic heterocycles. The van der Waals surface area contributed by atoms with Crippen molar-refractivity contribution in [3.8, 4) is 11.5 Å². The van der Waals surface area contributed by atoms with Gasteiger partial charge in [-0.05, 0) is 62.0 Å². The summed E-state index contributed by atoms with van der Waals surface area (Å²) in [5, 5.41) is 2.71. The molecule has 0 radical (unpaired) electrons. The van der Waals surface area contributed by atoms with Crippen LogP contribution in [0.1, 0.15) is 13.3 Å². The standard InChI is InChI=1S/C22H29N3O5S/c1-3-16-29-19-6-8-20(9-7-19)30-17-22(26)23-18-4-10-21(11-5-18)31(27,28)25-14-12-24(2)13-15-25/h4-11H,3,12-17H2,1-2H3,(H,23,26). The highest BCUT2D eigenvalue weighted by Crippen LogP contribution is 2.20. The molecule has 1 N–H and O–H groups in total. The van der Waals surface area contributed by atoms with Crippen LogP contribution in [0.5, 0.6) is 11.5 Å². The third-order valence-corrected chi connectivity index (χ3v) is 6.82. The summed E-state index contributed by atoms with van der Waals surface area (Å²) in [6.45, 7) is 4.90. The number of benzene rings is 2. The summed E-state index contributed by atoms with van der Waals surface area (Å²) < 4.78 is 38.0. The first-order chi connectivity index (χ1) is 14.9.